The number of fused-ring (bicyclic) bond motifs is 1. The highest BCUT2D eigenvalue weighted by Crippen LogP contribution is 2.41. The van der Waals surface area contributed by atoms with Gasteiger partial charge < -0.3 is 19.6 Å². The first-order valence-electron chi connectivity index (χ1n) is 11.0. The molecule has 2 aliphatic rings. The van der Waals surface area contributed by atoms with Crippen LogP contribution in [0, 0.1) is 5.92 Å². The van der Waals surface area contributed by atoms with Crippen LogP contribution in [0.1, 0.15) is 71.4 Å². The van der Waals surface area contributed by atoms with E-state index >= 15 is 0 Å². The van der Waals surface area contributed by atoms with Crippen molar-refractivity contribution in [2.24, 2.45) is 5.92 Å². The second kappa shape index (κ2) is 9.06. The van der Waals surface area contributed by atoms with Gasteiger partial charge in [0.1, 0.15) is 5.75 Å². The van der Waals surface area contributed by atoms with Gasteiger partial charge in [-0.25, -0.2) is 4.79 Å². The molecule has 1 aliphatic heterocycles. The molecule has 1 N–H and O–H groups in total. The molecule has 2 atom stereocenters. The zero-order valence-electron chi connectivity index (χ0n) is 18.1. The number of carbonyl (C=O) groups is 2. The number of nitrogens with zero attached hydrogens (tertiary/aromatic N) is 2. The Labute approximate surface area is 173 Å². The highest BCUT2D eigenvalue weighted by Gasteiger charge is 2.45. The summed E-state index contributed by atoms with van der Waals surface area (Å²) in [7, 11) is 0. The first kappa shape index (κ1) is 21.5. The van der Waals surface area contributed by atoms with Crippen LogP contribution in [0.3, 0.4) is 0 Å². The van der Waals surface area contributed by atoms with Gasteiger partial charge in [-0.05, 0) is 38.7 Å². The van der Waals surface area contributed by atoms with Crippen molar-refractivity contribution in [2.75, 3.05) is 18.0 Å². The predicted molar refractivity (Wildman–Crippen MR) is 113 cm³/mol. The van der Waals surface area contributed by atoms with Crippen LogP contribution >= 0.6 is 0 Å². The SMILES string of the molecule is CCN(CC)c1ccc2c(c1)OC(C(C)C)C(=O)N(C1CCCCC1)C2C(=O)O. The Kier molecular flexibility index (Phi) is 6.70. The average Bonchev–Trinajstić information content (AvgIpc) is 2.84. The smallest absolute Gasteiger partial charge is 0.331 e. The standard InChI is InChI=1S/C23H34N2O4/c1-5-24(6-2)17-12-13-18-19(14-17)29-21(15(3)4)22(26)25(20(18)23(27)28)16-10-8-7-9-11-16/h12-16,20-21H,5-11H2,1-4H3,(H,27,28). The maximum absolute atomic E-state index is 13.5. The number of carboxylic acids is 1. The Morgan fingerprint density at radius 2 is 1.86 bits per heavy atom. The molecule has 0 spiro atoms. The third-order valence-corrected chi connectivity index (χ3v) is 6.26. The maximum Gasteiger partial charge on any atom is 0.331 e. The van der Waals surface area contributed by atoms with Crippen LogP contribution in [0.4, 0.5) is 5.69 Å². The number of hydrogen-bond donors (Lipinski definition) is 1. The number of ether oxygens (including phenoxy) is 1. The van der Waals surface area contributed by atoms with Crippen molar-refractivity contribution in [3.8, 4) is 5.75 Å². The Balaban J connectivity index is 2.12. The summed E-state index contributed by atoms with van der Waals surface area (Å²) in [5, 5.41) is 10.2. The molecule has 160 valence electrons. The molecule has 6 nitrogen and oxygen atoms in total. The van der Waals surface area contributed by atoms with E-state index < -0.39 is 18.1 Å². The van der Waals surface area contributed by atoms with E-state index in [1.54, 1.807) is 4.90 Å². The first-order chi connectivity index (χ1) is 13.9. The van der Waals surface area contributed by atoms with Gasteiger partial charge in [-0.2, -0.15) is 0 Å². The number of anilines is 1. The average molecular weight is 403 g/mol. The van der Waals surface area contributed by atoms with E-state index in [4.69, 9.17) is 4.74 Å². The normalized spacial score (nSPS) is 22.8. The van der Waals surface area contributed by atoms with E-state index in [-0.39, 0.29) is 17.9 Å². The molecule has 1 amide bonds. The first-order valence-corrected chi connectivity index (χ1v) is 11.0. The van der Waals surface area contributed by atoms with E-state index in [1.807, 2.05) is 32.0 Å². The minimum atomic E-state index is -1.00. The van der Waals surface area contributed by atoms with E-state index in [0.717, 1.165) is 50.9 Å². The molecule has 3 rings (SSSR count). The van der Waals surface area contributed by atoms with E-state index in [1.165, 1.54) is 0 Å². The van der Waals surface area contributed by atoms with Gasteiger partial charge in [0.05, 0.1) is 0 Å². The Hall–Kier alpha value is -2.24. The van der Waals surface area contributed by atoms with Crippen LogP contribution < -0.4 is 9.64 Å². The molecular weight excluding hydrogens is 368 g/mol. The highest BCUT2D eigenvalue weighted by molar-refractivity contribution is 5.89. The van der Waals surface area contributed by atoms with Crippen molar-refractivity contribution < 1.29 is 19.4 Å². The lowest BCUT2D eigenvalue weighted by Crippen LogP contribution is -2.51. The van der Waals surface area contributed by atoms with Gasteiger partial charge in [-0.3, -0.25) is 4.79 Å². The number of carboxylic acid groups (broad SMARTS) is 1. The summed E-state index contributed by atoms with van der Waals surface area (Å²) in [6.07, 6.45) is 4.24. The summed E-state index contributed by atoms with van der Waals surface area (Å²) in [6, 6.07) is 4.65. The Morgan fingerprint density at radius 3 is 2.41 bits per heavy atom. The summed E-state index contributed by atoms with van der Waals surface area (Å²) in [5.74, 6) is -0.716. The topological polar surface area (TPSA) is 70.1 Å². The molecule has 0 radical (unpaired) electrons. The number of aliphatic carboxylic acids is 1. The van der Waals surface area contributed by atoms with Gasteiger partial charge in [-0.1, -0.05) is 39.2 Å². The lowest BCUT2D eigenvalue weighted by Gasteiger charge is -2.38. The molecule has 1 fully saturated rings. The van der Waals surface area contributed by atoms with Crippen molar-refractivity contribution in [3.63, 3.8) is 0 Å². The minimum Gasteiger partial charge on any atom is -0.480 e. The van der Waals surface area contributed by atoms with Gasteiger partial charge in [-0.15, -0.1) is 0 Å². The Bertz CT molecular complexity index is 738. The number of hydrogen-bond acceptors (Lipinski definition) is 4. The predicted octanol–water partition coefficient (Wildman–Crippen LogP) is 4.24. The molecule has 29 heavy (non-hydrogen) atoms. The summed E-state index contributed by atoms with van der Waals surface area (Å²) >= 11 is 0. The molecule has 1 heterocycles. The summed E-state index contributed by atoms with van der Waals surface area (Å²) in [6.45, 7) is 9.77. The second-order valence-electron chi connectivity index (χ2n) is 8.46. The number of benzene rings is 1. The number of rotatable bonds is 6. The van der Waals surface area contributed by atoms with Crippen LogP contribution in [0.5, 0.6) is 5.75 Å². The lowest BCUT2D eigenvalue weighted by atomic mass is 9.91. The molecule has 0 saturated heterocycles. The highest BCUT2D eigenvalue weighted by atomic mass is 16.5. The zero-order chi connectivity index (χ0) is 21.1. The van der Waals surface area contributed by atoms with E-state index in [9.17, 15) is 14.7 Å². The van der Waals surface area contributed by atoms with Crippen LogP contribution in [0.15, 0.2) is 18.2 Å². The van der Waals surface area contributed by atoms with Crippen LogP contribution in [-0.2, 0) is 9.59 Å². The molecule has 0 aromatic heterocycles. The van der Waals surface area contributed by atoms with Gasteiger partial charge >= 0.3 is 5.97 Å². The number of carbonyl (C=O) groups excluding carboxylic acids is 1. The summed E-state index contributed by atoms with van der Waals surface area (Å²) < 4.78 is 6.23. The molecular formula is C23H34N2O4. The van der Waals surface area contributed by atoms with Crippen molar-refractivity contribution in [3.05, 3.63) is 23.8 Å². The van der Waals surface area contributed by atoms with Crippen LogP contribution in [-0.4, -0.2) is 47.1 Å². The van der Waals surface area contributed by atoms with Gasteiger partial charge in [0, 0.05) is 36.4 Å². The summed E-state index contributed by atoms with van der Waals surface area (Å²) in [4.78, 5) is 29.8. The fourth-order valence-electron chi connectivity index (χ4n) is 4.67. The molecule has 1 aliphatic carbocycles. The van der Waals surface area contributed by atoms with Gasteiger partial charge in [0.25, 0.3) is 5.91 Å². The second-order valence-corrected chi connectivity index (χ2v) is 8.46. The van der Waals surface area contributed by atoms with Gasteiger partial charge in [0.15, 0.2) is 12.1 Å². The van der Waals surface area contributed by atoms with E-state index in [2.05, 4.69) is 18.7 Å². The van der Waals surface area contributed by atoms with Crippen LogP contribution in [0.2, 0.25) is 0 Å². The monoisotopic (exact) mass is 402 g/mol. The van der Waals surface area contributed by atoms with Crippen LogP contribution in [0.25, 0.3) is 0 Å². The molecule has 1 aromatic carbocycles. The number of amides is 1. The minimum absolute atomic E-state index is 0.0457. The fourth-order valence-corrected chi connectivity index (χ4v) is 4.67. The molecule has 0 bridgehead atoms. The quantitative estimate of drug-likeness (QED) is 0.771. The maximum atomic E-state index is 13.5. The zero-order valence-corrected chi connectivity index (χ0v) is 18.1. The largest absolute Gasteiger partial charge is 0.480 e. The Morgan fingerprint density at radius 1 is 1.21 bits per heavy atom. The fraction of sp³-hybridized carbons (Fsp3) is 0.652. The molecule has 2 unspecified atom stereocenters. The van der Waals surface area contributed by atoms with Crippen molar-refractivity contribution >= 4 is 17.6 Å². The summed E-state index contributed by atoms with van der Waals surface area (Å²) in [5.41, 5.74) is 1.56. The van der Waals surface area contributed by atoms with Crippen molar-refractivity contribution in [2.45, 2.75) is 78.0 Å². The van der Waals surface area contributed by atoms with Crippen molar-refractivity contribution in [1.29, 1.82) is 0 Å². The van der Waals surface area contributed by atoms with Crippen molar-refractivity contribution in [1.82, 2.24) is 4.90 Å². The lowest BCUT2D eigenvalue weighted by molar-refractivity contribution is -0.157. The van der Waals surface area contributed by atoms with E-state index in [0.29, 0.717) is 11.3 Å². The molecule has 1 saturated carbocycles. The van der Waals surface area contributed by atoms with Gasteiger partial charge in [0.2, 0.25) is 0 Å². The third kappa shape index (κ3) is 4.21. The molecule has 1 aromatic rings. The third-order valence-electron chi connectivity index (χ3n) is 6.26. The molecule has 6 heteroatoms.